The molecule has 0 aromatic heterocycles. The third kappa shape index (κ3) is 4.79. The molecular weight excluding hydrogens is 246 g/mol. The molecule has 0 aromatic rings. The van der Waals surface area contributed by atoms with Crippen LogP contribution in [0.3, 0.4) is 0 Å². The summed E-state index contributed by atoms with van der Waals surface area (Å²) in [4.78, 5) is 14.1. The molecule has 0 fully saturated rings. The third-order valence-electron chi connectivity index (χ3n) is 5.66. The Balaban J connectivity index is 4.96. The SMILES string of the molecule is CCC(CC)C(C)(CC)CCN(C(C)=O)C(C)(C)CC. The molecule has 0 bridgehead atoms. The number of carbonyl (C=O) groups is 1. The van der Waals surface area contributed by atoms with E-state index in [0.717, 1.165) is 25.3 Å². The van der Waals surface area contributed by atoms with Gasteiger partial charge in [-0.3, -0.25) is 4.79 Å². The molecular formula is C18H37NO. The first-order valence-corrected chi connectivity index (χ1v) is 8.46. The fourth-order valence-electron chi connectivity index (χ4n) is 3.39. The van der Waals surface area contributed by atoms with Crippen molar-refractivity contribution in [1.29, 1.82) is 0 Å². The number of amides is 1. The van der Waals surface area contributed by atoms with Gasteiger partial charge in [0.05, 0.1) is 0 Å². The summed E-state index contributed by atoms with van der Waals surface area (Å²) >= 11 is 0. The van der Waals surface area contributed by atoms with Gasteiger partial charge in [0, 0.05) is 19.0 Å². The summed E-state index contributed by atoms with van der Waals surface area (Å²) in [6.07, 6.45) is 5.77. The first-order valence-electron chi connectivity index (χ1n) is 8.46. The van der Waals surface area contributed by atoms with E-state index in [1.54, 1.807) is 6.92 Å². The van der Waals surface area contributed by atoms with E-state index < -0.39 is 0 Å². The molecule has 0 aliphatic heterocycles. The third-order valence-corrected chi connectivity index (χ3v) is 5.66. The predicted molar refractivity (Wildman–Crippen MR) is 88.8 cm³/mol. The standard InChI is InChI=1S/C18H37NO/c1-9-16(10-2)18(8,12-4)13-14-19(15(5)20)17(6,7)11-3/h16H,9-14H2,1-8H3. The average Bonchev–Trinajstić information content (AvgIpc) is 2.39. The van der Waals surface area contributed by atoms with Crippen LogP contribution in [0.15, 0.2) is 0 Å². The lowest BCUT2D eigenvalue weighted by Gasteiger charge is -2.42. The van der Waals surface area contributed by atoms with Gasteiger partial charge in [0.2, 0.25) is 5.91 Å². The van der Waals surface area contributed by atoms with Crippen LogP contribution in [0.4, 0.5) is 0 Å². The van der Waals surface area contributed by atoms with Crippen molar-refractivity contribution in [3.63, 3.8) is 0 Å². The molecule has 0 aliphatic carbocycles. The molecule has 0 N–H and O–H groups in total. The zero-order chi connectivity index (χ0) is 16.0. The summed E-state index contributed by atoms with van der Waals surface area (Å²) in [6.45, 7) is 18.4. The molecule has 1 unspecified atom stereocenters. The number of rotatable bonds is 9. The van der Waals surface area contributed by atoms with Gasteiger partial charge < -0.3 is 4.90 Å². The second-order valence-corrected chi connectivity index (χ2v) is 7.11. The van der Waals surface area contributed by atoms with Crippen LogP contribution in [-0.4, -0.2) is 22.9 Å². The monoisotopic (exact) mass is 283 g/mol. The van der Waals surface area contributed by atoms with Gasteiger partial charge in [0.1, 0.15) is 0 Å². The van der Waals surface area contributed by atoms with E-state index in [0.29, 0.717) is 5.41 Å². The van der Waals surface area contributed by atoms with Gasteiger partial charge in [-0.05, 0) is 38.0 Å². The van der Waals surface area contributed by atoms with Crippen LogP contribution in [0, 0.1) is 11.3 Å². The minimum absolute atomic E-state index is 0.0333. The highest BCUT2D eigenvalue weighted by molar-refractivity contribution is 5.74. The number of hydrogen-bond donors (Lipinski definition) is 0. The molecule has 120 valence electrons. The van der Waals surface area contributed by atoms with Gasteiger partial charge >= 0.3 is 0 Å². The lowest BCUT2D eigenvalue weighted by molar-refractivity contribution is -0.135. The summed E-state index contributed by atoms with van der Waals surface area (Å²) in [5.41, 5.74) is 0.315. The van der Waals surface area contributed by atoms with E-state index in [4.69, 9.17) is 0 Å². The molecule has 20 heavy (non-hydrogen) atoms. The molecule has 0 aliphatic rings. The van der Waals surface area contributed by atoms with Gasteiger partial charge in [-0.1, -0.05) is 53.9 Å². The van der Waals surface area contributed by atoms with Crippen molar-refractivity contribution < 1.29 is 4.79 Å². The molecule has 1 atom stereocenters. The van der Waals surface area contributed by atoms with E-state index in [1.165, 1.54) is 19.3 Å². The van der Waals surface area contributed by atoms with Crippen molar-refractivity contribution in [1.82, 2.24) is 4.90 Å². The van der Waals surface area contributed by atoms with Crippen LogP contribution in [0.2, 0.25) is 0 Å². The lowest BCUT2D eigenvalue weighted by atomic mass is 9.70. The fraction of sp³-hybridized carbons (Fsp3) is 0.944. The van der Waals surface area contributed by atoms with Crippen LogP contribution >= 0.6 is 0 Å². The van der Waals surface area contributed by atoms with Crippen molar-refractivity contribution in [2.45, 2.75) is 93.0 Å². The number of hydrogen-bond acceptors (Lipinski definition) is 1. The molecule has 2 nitrogen and oxygen atoms in total. The Labute approximate surface area is 127 Å². The number of carbonyl (C=O) groups excluding carboxylic acids is 1. The van der Waals surface area contributed by atoms with Crippen molar-refractivity contribution in [3.05, 3.63) is 0 Å². The summed E-state index contributed by atoms with van der Waals surface area (Å²) in [5.74, 6) is 0.964. The predicted octanol–water partition coefficient (Wildman–Crippen LogP) is 5.27. The highest BCUT2D eigenvalue weighted by atomic mass is 16.2. The normalized spacial score (nSPS) is 15.2. The smallest absolute Gasteiger partial charge is 0.219 e. The van der Waals surface area contributed by atoms with Crippen LogP contribution in [-0.2, 0) is 4.79 Å². The molecule has 0 heterocycles. The van der Waals surface area contributed by atoms with Gasteiger partial charge in [-0.15, -0.1) is 0 Å². The average molecular weight is 284 g/mol. The Kier molecular flexibility index (Phi) is 7.83. The zero-order valence-electron chi connectivity index (χ0n) is 15.2. The summed E-state index contributed by atoms with van der Waals surface area (Å²) in [7, 11) is 0. The second-order valence-electron chi connectivity index (χ2n) is 7.11. The van der Waals surface area contributed by atoms with Crippen molar-refractivity contribution >= 4 is 5.91 Å². The maximum Gasteiger partial charge on any atom is 0.219 e. The van der Waals surface area contributed by atoms with Gasteiger partial charge in [-0.2, -0.15) is 0 Å². The number of nitrogens with zero attached hydrogens (tertiary/aromatic N) is 1. The molecule has 0 radical (unpaired) electrons. The summed E-state index contributed by atoms with van der Waals surface area (Å²) in [5, 5.41) is 0. The van der Waals surface area contributed by atoms with Crippen molar-refractivity contribution in [3.8, 4) is 0 Å². The highest BCUT2D eigenvalue weighted by Crippen LogP contribution is 2.39. The minimum Gasteiger partial charge on any atom is -0.338 e. The zero-order valence-corrected chi connectivity index (χ0v) is 15.2. The first kappa shape index (κ1) is 19.5. The van der Waals surface area contributed by atoms with E-state index in [9.17, 15) is 4.79 Å². The minimum atomic E-state index is -0.0333. The maximum atomic E-state index is 12.0. The van der Waals surface area contributed by atoms with Gasteiger partial charge in [0.25, 0.3) is 0 Å². The molecule has 0 saturated carbocycles. The lowest BCUT2D eigenvalue weighted by Crippen LogP contribution is -2.48. The Morgan fingerprint density at radius 3 is 1.80 bits per heavy atom. The Hall–Kier alpha value is -0.530. The van der Waals surface area contributed by atoms with Crippen LogP contribution < -0.4 is 0 Å². The van der Waals surface area contributed by atoms with Crippen molar-refractivity contribution in [2.24, 2.45) is 11.3 Å². The van der Waals surface area contributed by atoms with Crippen LogP contribution in [0.1, 0.15) is 87.5 Å². The van der Waals surface area contributed by atoms with E-state index in [2.05, 4.69) is 53.4 Å². The van der Waals surface area contributed by atoms with Gasteiger partial charge in [-0.25, -0.2) is 0 Å². The topological polar surface area (TPSA) is 20.3 Å². The fourth-order valence-corrected chi connectivity index (χ4v) is 3.39. The molecule has 0 rings (SSSR count). The molecule has 0 aromatic carbocycles. The van der Waals surface area contributed by atoms with E-state index in [1.807, 2.05) is 0 Å². The van der Waals surface area contributed by atoms with Crippen LogP contribution in [0.5, 0.6) is 0 Å². The molecule has 0 saturated heterocycles. The maximum absolute atomic E-state index is 12.0. The van der Waals surface area contributed by atoms with Crippen molar-refractivity contribution in [2.75, 3.05) is 6.54 Å². The van der Waals surface area contributed by atoms with E-state index >= 15 is 0 Å². The van der Waals surface area contributed by atoms with E-state index in [-0.39, 0.29) is 11.4 Å². The van der Waals surface area contributed by atoms with Gasteiger partial charge in [0.15, 0.2) is 0 Å². The summed E-state index contributed by atoms with van der Waals surface area (Å²) < 4.78 is 0. The quantitative estimate of drug-likeness (QED) is 0.565. The molecule has 1 amide bonds. The second kappa shape index (κ2) is 8.05. The first-order chi connectivity index (χ1) is 9.18. The Morgan fingerprint density at radius 1 is 1.00 bits per heavy atom. The molecule has 0 spiro atoms. The highest BCUT2D eigenvalue weighted by Gasteiger charge is 2.33. The molecule has 2 heteroatoms. The Morgan fingerprint density at radius 2 is 1.50 bits per heavy atom. The Bertz CT molecular complexity index is 294. The van der Waals surface area contributed by atoms with Crippen LogP contribution in [0.25, 0.3) is 0 Å². The largest absolute Gasteiger partial charge is 0.338 e. The summed E-state index contributed by atoms with van der Waals surface area (Å²) in [6, 6.07) is 0.